The highest BCUT2D eigenvalue weighted by molar-refractivity contribution is 5.76. The minimum atomic E-state index is -0.364. The van der Waals surface area contributed by atoms with Crippen molar-refractivity contribution in [2.45, 2.75) is 38.5 Å². The number of aromatic nitrogens is 2. The Morgan fingerprint density at radius 2 is 2.19 bits per heavy atom. The van der Waals surface area contributed by atoms with Gasteiger partial charge in [0.2, 0.25) is 5.91 Å². The van der Waals surface area contributed by atoms with Crippen LogP contribution in [0.4, 0.5) is 0 Å². The first-order valence-electron chi connectivity index (χ1n) is 7.72. The monoisotopic (exact) mass is 293 g/mol. The molecule has 2 aliphatic rings. The number of carbonyl (C=O) groups excluding carboxylic acids is 1. The average Bonchev–Trinajstić information content (AvgIpc) is 3.03. The van der Waals surface area contributed by atoms with Gasteiger partial charge >= 0.3 is 0 Å². The molecule has 0 bridgehead atoms. The fourth-order valence-corrected chi connectivity index (χ4v) is 3.06. The van der Waals surface area contributed by atoms with Crippen LogP contribution >= 0.6 is 0 Å². The molecule has 3 heterocycles. The van der Waals surface area contributed by atoms with E-state index in [1.54, 1.807) is 6.20 Å². The van der Waals surface area contributed by atoms with Gasteiger partial charge in [-0.2, -0.15) is 0 Å². The number of imidazole rings is 1. The normalized spacial score (nSPS) is 27.8. The second kappa shape index (κ2) is 6.58. The summed E-state index contributed by atoms with van der Waals surface area (Å²) in [5, 5.41) is 0. The van der Waals surface area contributed by atoms with Gasteiger partial charge in [0.05, 0.1) is 32.0 Å². The quantitative estimate of drug-likeness (QED) is 0.846. The Labute approximate surface area is 125 Å². The predicted molar refractivity (Wildman–Crippen MR) is 76.6 cm³/mol. The van der Waals surface area contributed by atoms with E-state index in [1.165, 1.54) is 0 Å². The molecule has 0 radical (unpaired) electrons. The maximum Gasteiger partial charge on any atom is 0.227 e. The van der Waals surface area contributed by atoms with Gasteiger partial charge in [-0.05, 0) is 18.8 Å². The summed E-state index contributed by atoms with van der Waals surface area (Å²) in [6.07, 6.45) is 7.49. The highest BCUT2D eigenvalue weighted by Gasteiger charge is 2.31. The van der Waals surface area contributed by atoms with E-state index in [9.17, 15) is 4.79 Å². The molecule has 1 aromatic rings. The standard InChI is InChI=1S/C15H23N3O3/c1-12-3-5-17(10-13(12)18-6-4-16-11-18)14(19)9-15-20-7-2-8-21-15/h4,6,11-13,15H,2-3,5,7-10H2,1H3. The molecular weight excluding hydrogens is 270 g/mol. The van der Waals surface area contributed by atoms with E-state index in [0.29, 0.717) is 31.6 Å². The molecule has 0 spiro atoms. The molecule has 6 heteroatoms. The van der Waals surface area contributed by atoms with Crippen LogP contribution < -0.4 is 0 Å². The highest BCUT2D eigenvalue weighted by atomic mass is 16.7. The Bertz CT molecular complexity index is 457. The topological polar surface area (TPSA) is 56.6 Å². The smallest absolute Gasteiger partial charge is 0.227 e. The zero-order chi connectivity index (χ0) is 14.7. The van der Waals surface area contributed by atoms with Gasteiger partial charge in [0, 0.05) is 25.5 Å². The summed E-state index contributed by atoms with van der Waals surface area (Å²) >= 11 is 0. The fourth-order valence-electron chi connectivity index (χ4n) is 3.06. The number of ether oxygens (including phenoxy) is 2. The summed E-state index contributed by atoms with van der Waals surface area (Å²) in [6.45, 7) is 5.17. The number of hydrogen-bond acceptors (Lipinski definition) is 4. The summed E-state index contributed by atoms with van der Waals surface area (Å²) in [6, 6.07) is 0.304. The lowest BCUT2D eigenvalue weighted by Crippen LogP contribution is -2.45. The van der Waals surface area contributed by atoms with Crippen LogP contribution in [0.2, 0.25) is 0 Å². The summed E-state index contributed by atoms with van der Waals surface area (Å²) < 4.78 is 13.1. The Morgan fingerprint density at radius 3 is 2.90 bits per heavy atom. The van der Waals surface area contributed by atoms with Crippen LogP contribution in [0.3, 0.4) is 0 Å². The Morgan fingerprint density at radius 1 is 1.38 bits per heavy atom. The first kappa shape index (κ1) is 14.5. The van der Waals surface area contributed by atoms with E-state index >= 15 is 0 Å². The van der Waals surface area contributed by atoms with Crippen molar-refractivity contribution in [1.29, 1.82) is 0 Å². The van der Waals surface area contributed by atoms with Crippen molar-refractivity contribution in [3.05, 3.63) is 18.7 Å². The average molecular weight is 293 g/mol. The zero-order valence-electron chi connectivity index (χ0n) is 12.5. The van der Waals surface area contributed by atoms with Gasteiger partial charge in [0.25, 0.3) is 0 Å². The van der Waals surface area contributed by atoms with Gasteiger partial charge in [0.15, 0.2) is 6.29 Å². The minimum Gasteiger partial charge on any atom is -0.352 e. The van der Waals surface area contributed by atoms with Gasteiger partial charge < -0.3 is 18.9 Å². The molecule has 2 atom stereocenters. The van der Waals surface area contributed by atoms with Crippen LogP contribution in [0.25, 0.3) is 0 Å². The van der Waals surface area contributed by atoms with Crippen molar-refractivity contribution < 1.29 is 14.3 Å². The summed E-state index contributed by atoms with van der Waals surface area (Å²) in [5.41, 5.74) is 0. The molecule has 21 heavy (non-hydrogen) atoms. The van der Waals surface area contributed by atoms with Gasteiger partial charge in [-0.1, -0.05) is 6.92 Å². The first-order chi connectivity index (χ1) is 10.2. The molecule has 3 rings (SSSR count). The number of piperidine rings is 1. The third-order valence-electron chi connectivity index (χ3n) is 4.42. The van der Waals surface area contributed by atoms with Crippen molar-refractivity contribution in [2.75, 3.05) is 26.3 Å². The largest absolute Gasteiger partial charge is 0.352 e. The second-order valence-electron chi connectivity index (χ2n) is 5.91. The molecule has 2 unspecified atom stereocenters. The van der Waals surface area contributed by atoms with E-state index in [1.807, 2.05) is 17.4 Å². The van der Waals surface area contributed by atoms with Crippen LogP contribution in [0.5, 0.6) is 0 Å². The zero-order valence-corrected chi connectivity index (χ0v) is 12.5. The molecule has 2 saturated heterocycles. The Hall–Kier alpha value is -1.40. The molecule has 0 N–H and O–H groups in total. The number of nitrogens with zero attached hydrogens (tertiary/aromatic N) is 3. The van der Waals surface area contributed by atoms with E-state index in [0.717, 1.165) is 25.9 Å². The predicted octanol–water partition coefficient (Wildman–Crippen LogP) is 1.45. The lowest BCUT2D eigenvalue weighted by molar-refractivity contribution is -0.187. The highest BCUT2D eigenvalue weighted by Crippen LogP contribution is 2.28. The molecule has 2 aliphatic heterocycles. The lowest BCUT2D eigenvalue weighted by atomic mass is 9.93. The first-order valence-corrected chi connectivity index (χ1v) is 7.72. The fraction of sp³-hybridized carbons (Fsp3) is 0.733. The number of amides is 1. The maximum absolute atomic E-state index is 12.4. The molecule has 1 aromatic heterocycles. The molecular formula is C15H23N3O3. The Balaban J connectivity index is 1.59. The summed E-state index contributed by atoms with van der Waals surface area (Å²) in [4.78, 5) is 18.5. The van der Waals surface area contributed by atoms with Crippen molar-refractivity contribution in [2.24, 2.45) is 5.92 Å². The lowest BCUT2D eigenvalue weighted by Gasteiger charge is -2.38. The molecule has 1 amide bonds. The minimum absolute atomic E-state index is 0.124. The molecule has 116 valence electrons. The molecule has 2 fully saturated rings. The van der Waals surface area contributed by atoms with Crippen molar-refractivity contribution in [3.63, 3.8) is 0 Å². The molecule has 0 aromatic carbocycles. The number of rotatable bonds is 3. The van der Waals surface area contributed by atoms with Gasteiger partial charge in [-0.25, -0.2) is 4.98 Å². The molecule has 0 saturated carbocycles. The van der Waals surface area contributed by atoms with Crippen LogP contribution in [-0.2, 0) is 14.3 Å². The van der Waals surface area contributed by atoms with Gasteiger partial charge in [-0.3, -0.25) is 4.79 Å². The Kier molecular flexibility index (Phi) is 4.55. The van der Waals surface area contributed by atoms with Crippen LogP contribution in [0, 0.1) is 5.92 Å². The van der Waals surface area contributed by atoms with Crippen LogP contribution in [0.15, 0.2) is 18.7 Å². The van der Waals surface area contributed by atoms with Gasteiger partial charge in [0.1, 0.15) is 0 Å². The summed E-state index contributed by atoms with van der Waals surface area (Å²) in [7, 11) is 0. The van der Waals surface area contributed by atoms with E-state index in [4.69, 9.17) is 9.47 Å². The third-order valence-corrected chi connectivity index (χ3v) is 4.42. The number of likely N-dealkylation sites (tertiary alicyclic amines) is 1. The van der Waals surface area contributed by atoms with E-state index < -0.39 is 0 Å². The van der Waals surface area contributed by atoms with Gasteiger partial charge in [-0.15, -0.1) is 0 Å². The number of carbonyl (C=O) groups is 1. The summed E-state index contributed by atoms with van der Waals surface area (Å²) in [5.74, 6) is 0.671. The van der Waals surface area contributed by atoms with E-state index in [-0.39, 0.29) is 12.2 Å². The molecule has 0 aliphatic carbocycles. The number of hydrogen-bond donors (Lipinski definition) is 0. The maximum atomic E-state index is 12.4. The van der Waals surface area contributed by atoms with Crippen LogP contribution in [-0.4, -0.2) is 53.0 Å². The van der Waals surface area contributed by atoms with Crippen molar-refractivity contribution >= 4 is 5.91 Å². The second-order valence-corrected chi connectivity index (χ2v) is 5.91. The third kappa shape index (κ3) is 3.44. The van der Waals surface area contributed by atoms with Crippen molar-refractivity contribution in [1.82, 2.24) is 14.5 Å². The SMILES string of the molecule is CC1CCN(C(=O)CC2OCCCO2)CC1n1ccnc1. The van der Waals surface area contributed by atoms with Crippen LogP contribution in [0.1, 0.15) is 32.2 Å². The van der Waals surface area contributed by atoms with E-state index in [2.05, 4.69) is 16.5 Å². The molecule has 6 nitrogen and oxygen atoms in total. The van der Waals surface area contributed by atoms with Crippen molar-refractivity contribution in [3.8, 4) is 0 Å².